The second kappa shape index (κ2) is 5.19. The summed E-state index contributed by atoms with van der Waals surface area (Å²) in [4.78, 5) is 13.6. The molecule has 0 saturated carbocycles. The van der Waals surface area contributed by atoms with Gasteiger partial charge < -0.3 is 10.0 Å². The Morgan fingerprint density at radius 3 is 2.83 bits per heavy atom. The van der Waals surface area contributed by atoms with Gasteiger partial charge in [0.25, 0.3) is 0 Å². The molecule has 1 unspecified atom stereocenters. The van der Waals surface area contributed by atoms with Crippen LogP contribution in [0.25, 0.3) is 0 Å². The molecule has 98 valence electrons. The molecule has 1 aliphatic heterocycles. The molecule has 1 heterocycles. The van der Waals surface area contributed by atoms with Crippen molar-refractivity contribution in [2.75, 3.05) is 11.4 Å². The van der Waals surface area contributed by atoms with Gasteiger partial charge in [0.1, 0.15) is 5.56 Å². The van der Waals surface area contributed by atoms with Gasteiger partial charge in [0.05, 0.1) is 10.7 Å². The first-order valence-electron chi connectivity index (χ1n) is 6.31. The summed E-state index contributed by atoms with van der Waals surface area (Å²) in [6, 6.07) is 5.71. The van der Waals surface area contributed by atoms with E-state index >= 15 is 0 Å². The fraction of sp³-hybridized carbons (Fsp3) is 0.500. The van der Waals surface area contributed by atoms with Crippen molar-refractivity contribution < 1.29 is 9.90 Å². The zero-order valence-electron chi connectivity index (χ0n) is 10.7. The third-order valence-electron chi connectivity index (χ3n) is 3.58. The third-order valence-corrected chi connectivity index (χ3v) is 3.90. The van der Waals surface area contributed by atoms with Crippen LogP contribution >= 0.6 is 11.6 Å². The number of carbonyl (C=O) groups is 1. The first kappa shape index (κ1) is 13.2. The molecule has 4 heteroatoms. The number of anilines is 1. The van der Waals surface area contributed by atoms with Gasteiger partial charge in [-0.1, -0.05) is 31.5 Å². The zero-order valence-corrected chi connectivity index (χ0v) is 11.4. The van der Waals surface area contributed by atoms with Crippen molar-refractivity contribution in [1.29, 1.82) is 0 Å². The van der Waals surface area contributed by atoms with E-state index in [0.29, 0.717) is 17.0 Å². The number of nitrogens with zero attached hydrogens (tertiary/aromatic N) is 1. The van der Waals surface area contributed by atoms with Crippen LogP contribution in [-0.2, 0) is 0 Å². The Kier molecular flexibility index (Phi) is 3.81. The quantitative estimate of drug-likeness (QED) is 0.909. The van der Waals surface area contributed by atoms with Crippen LogP contribution in [-0.4, -0.2) is 23.7 Å². The Balaban J connectivity index is 2.44. The summed E-state index contributed by atoms with van der Waals surface area (Å²) in [5, 5.41) is 9.63. The van der Waals surface area contributed by atoms with Gasteiger partial charge in [-0.15, -0.1) is 0 Å². The second-order valence-electron chi connectivity index (χ2n) is 5.09. The number of carboxylic acids is 1. The van der Waals surface area contributed by atoms with E-state index in [1.54, 1.807) is 6.07 Å². The highest BCUT2D eigenvalue weighted by molar-refractivity contribution is 6.34. The molecular formula is C14H18ClNO2. The summed E-state index contributed by atoms with van der Waals surface area (Å²) in [6.07, 6.45) is 2.22. The Bertz CT molecular complexity index is 459. The number of benzene rings is 1. The molecule has 0 aliphatic carbocycles. The fourth-order valence-corrected chi connectivity index (χ4v) is 3.00. The predicted octanol–water partition coefficient (Wildman–Crippen LogP) is 3.66. The van der Waals surface area contributed by atoms with Gasteiger partial charge in [-0.2, -0.15) is 0 Å². The van der Waals surface area contributed by atoms with Crippen molar-refractivity contribution in [3.8, 4) is 0 Å². The predicted molar refractivity (Wildman–Crippen MR) is 73.6 cm³/mol. The summed E-state index contributed by atoms with van der Waals surface area (Å²) < 4.78 is 0. The van der Waals surface area contributed by atoms with Gasteiger partial charge in [0, 0.05) is 12.6 Å². The Morgan fingerprint density at radius 2 is 2.22 bits per heavy atom. The maximum atomic E-state index is 11.4. The van der Waals surface area contributed by atoms with Crippen molar-refractivity contribution >= 4 is 23.3 Å². The molecular weight excluding hydrogens is 250 g/mol. The van der Waals surface area contributed by atoms with E-state index in [1.165, 1.54) is 0 Å². The van der Waals surface area contributed by atoms with E-state index in [2.05, 4.69) is 18.7 Å². The number of hydrogen-bond donors (Lipinski definition) is 1. The van der Waals surface area contributed by atoms with E-state index < -0.39 is 5.97 Å². The van der Waals surface area contributed by atoms with E-state index in [-0.39, 0.29) is 5.56 Å². The monoisotopic (exact) mass is 267 g/mol. The van der Waals surface area contributed by atoms with Crippen LogP contribution in [0.2, 0.25) is 5.02 Å². The molecule has 2 rings (SSSR count). The molecule has 0 amide bonds. The van der Waals surface area contributed by atoms with E-state index in [9.17, 15) is 9.90 Å². The Morgan fingerprint density at radius 1 is 1.50 bits per heavy atom. The number of halogens is 1. The second-order valence-corrected chi connectivity index (χ2v) is 5.49. The van der Waals surface area contributed by atoms with Gasteiger partial charge in [-0.05, 0) is 30.9 Å². The molecule has 0 aromatic heterocycles. The summed E-state index contributed by atoms with van der Waals surface area (Å²) in [5.74, 6) is -0.446. The van der Waals surface area contributed by atoms with Crippen LogP contribution in [0.1, 0.15) is 37.0 Å². The molecule has 0 spiro atoms. The van der Waals surface area contributed by atoms with Crippen molar-refractivity contribution in [1.82, 2.24) is 0 Å². The first-order chi connectivity index (χ1) is 8.52. The van der Waals surface area contributed by atoms with E-state index in [1.807, 2.05) is 12.1 Å². The molecule has 1 aromatic rings. The van der Waals surface area contributed by atoms with Crippen LogP contribution in [0.15, 0.2) is 18.2 Å². The lowest BCUT2D eigenvalue weighted by atomic mass is 10.0. The third kappa shape index (κ3) is 2.32. The maximum Gasteiger partial charge on any atom is 0.339 e. The minimum atomic E-state index is -0.954. The standard InChI is InChI=1S/C14H18ClNO2/c1-9(2)11-7-4-8-16(11)12-6-3-5-10(15)13(12)14(17)18/h3,5-6,9,11H,4,7-8H2,1-2H3,(H,17,18). The van der Waals surface area contributed by atoms with Gasteiger partial charge >= 0.3 is 5.97 Å². The fourth-order valence-electron chi connectivity index (χ4n) is 2.75. The lowest BCUT2D eigenvalue weighted by molar-refractivity contribution is 0.0697. The molecule has 18 heavy (non-hydrogen) atoms. The lowest BCUT2D eigenvalue weighted by Crippen LogP contribution is -2.34. The SMILES string of the molecule is CC(C)C1CCCN1c1cccc(Cl)c1C(=O)O. The van der Waals surface area contributed by atoms with Gasteiger partial charge in [0.15, 0.2) is 0 Å². The normalized spacial score (nSPS) is 19.6. The minimum Gasteiger partial charge on any atom is -0.478 e. The molecule has 1 fully saturated rings. The van der Waals surface area contributed by atoms with Gasteiger partial charge in [-0.25, -0.2) is 4.79 Å². The van der Waals surface area contributed by atoms with E-state index in [4.69, 9.17) is 11.6 Å². The average Bonchev–Trinajstić information content (AvgIpc) is 2.76. The van der Waals surface area contributed by atoms with Gasteiger partial charge in [-0.3, -0.25) is 0 Å². The smallest absolute Gasteiger partial charge is 0.339 e. The zero-order chi connectivity index (χ0) is 13.3. The average molecular weight is 268 g/mol. The topological polar surface area (TPSA) is 40.5 Å². The first-order valence-corrected chi connectivity index (χ1v) is 6.68. The number of aromatic carboxylic acids is 1. The maximum absolute atomic E-state index is 11.4. The molecule has 1 aromatic carbocycles. The van der Waals surface area contributed by atoms with Gasteiger partial charge in [0.2, 0.25) is 0 Å². The molecule has 0 radical (unpaired) electrons. The lowest BCUT2D eigenvalue weighted by Gasteiger charge is -2.31. The summed E-state index contributed by atoms with van der Waals surface area (Å²) in [6.45, 7) is 5.26. The minimum absolute atomic E-state index is 0.228. The molecule has 1 N–H and O–H groups in total. The summed E-state index contributed by atoms with van der Waals surface area (Å²) >= 11 is 6.02. The van der Waals surface area contributed by atoms with Crippen LogP contribution in [0.3, 0.4) is 0 Å². The Labute approximate surface area is 112 Å². The van der Waals surface area contributed by atoms with Crippen molar-refractivity contribution in [2.24, 2.45) is 5.92 Å². The van der Waals surface area contributed by atoms with Crippen LogP contribution in [0, 0.1) is 5.92 Å². The highest BCUT2D eigenvalue weighted by atomic mass is 35.5. The van der Waals surface area contributed by atoms with Crippen LogP contribution < -0.4 is 4.90 Å². The summed E-state index contributed by atoms with van der Waals surface area (Å²) in [7, 11) is 0. The molecule has 1 atom stereocenters. The van der Waals surface area contributed by atoms with E-state index in [0.717, 1.165) is 25.1 Å². The van der Waals surface area contributed by atoms with Crippen molar-refractivity contribution in [2.45, 2.75) is 32.7 Å². The number of carboxylic acid groups (broad SMARTS) is 1. The highest BCUT2D eigenvalue weighted by Crippen LogP contribution is 2.34. The number of hydrogen-bond acceptors (Lipinski definition) is 2. The highest BCUT2D eigenvalue weighted by Gasteiger charge is 2.30. The largest absolute Gasteiger partial charge is 0.478 e. The molecule has 3 nitrogen and oxygen atoms in total. The van der Waals surface area contributed by atoms with Crippen LogP contribution in [0.4, 0.5) is 5.69 Å². The van der Waals surface area contributed by atoms with Crippen LogP contribution in [0.5, 0.6) is 0 Å². The molecule has 1 saturated heterocycles. The molecule has 0 bridgehead atoms. The van der Waals surface area contributed by atoms with Crippen molar-refractivity contribution in [3.63, 3.8) is 0 Å². The Hall–Kier alpha value is -1.22. The van der Waals surface area contributed by atoms with Crippen molar-refractivity contribution in [3.05, 3.63) is 28.8 Å². The molecule has 1 aliphatic rings. The number of rotatable bonds is 3. The summed E-state index contributed by atoms with van der Waals surface area (Å²) in [5.41, 5.74) is 0.984.